The number of ether oxygens (including phenoxy) is 1. The van der Waals surface area contributed by atoms with E-state index < -0.39 is 0 Å². The minimum atomic E-state index is 0.140. The summed E-state index contributed by atoms with van der Waals surface area (Å²) >= 11 is 5.45. The lowest BCUT2D eigenvalue weighted by molar-refractivity contribution is 0.191. The van der Waals surface area contributed by atoms with Gasteiger partial charge in [0.1, 0.15) is 0 Å². The van der Waals surface area contributed by atoms with Gasteiger partial charge in [0.25, 0.3) is 0 Å². The van der Waals surface area contributed by atoms with E-state index in [1.807, 2.05) is 0 Å². The molecule has 3 heterocycles. The SMILES string of the molecule is CCCCOc1nc(N)c2c(n1)n(Cc1cccc(CN3CCCC3)c1)c(=S)n2O. The van der Waals surface area contributed by atoms with Crippen LogP contribution in [0, 0.1) is 4.77 Å². The Bertz CT molecular complexity index is 1090. The predicted octanol–water partition coefficient (Wildman–Crippen LogP) is 3.60. The summed E-state index contributed by atoms with van der Waals surface area (Å²) in [6.45, 7) is 6.34. The highest BCUT2D eigenvalue weighted by Gasteiger charge is 2.18. The summed E-state index contributed by atoms with van der Waals surface area (Å²) in [7, 11) is 0. The van der Waals surface area contributed by atoms with Gasteiger partial charge in [-0.05, 0) is 55.7 Å². The highest BCUT2D eigenvalue weighted by Crippen LogP contribution is 2.24. The molecular weight excluding hydrogens is 400 g/mol. The highest BCUT2D eigenvalue weighted by molar-refractivity contribution is 7.71. The molecule has 3 N–H and O–H groups in total. The normalized spacial score (nSPS) is 14.6. The second kappa shape index (κ2) is 9.01. The second-order valence-corrected chi connectivity index (χ2v) is 8.11. The fourth-order valence-corrected chi connectivity index (χ4v) is 4.10. The molecule has 1 aromatic carbocycles. The lowest BCUT2D eigenvalue weighted by Gasteiger charge is -2.15. The number of nitrogens with two attached hydrogens (primary N) is 1. The van der Waals surface area contributed by atoms with Gasteiger partial charge in [0.15, 0.2) is 17.0 Å². The molecule has 0 saturated carbocycles. The molecule has 4 rings (SSSR count). The van der Waals surface area contributed by atoms with E-state index >= 15 is 0 Å². The molecule has 3 aromatic rings. The van der Waals surface area contributed by atoms with Crippen LogP contribution in [0.1, 0.15) is 43.7 Å². The van der Waals surface area contributed by atoms with Crippen molar-refractivity contribution in [2.45, 2.75) is 45.7 Å². The van der Waals surface area contributed by atoms with Crippen molar-refractivity contribution in [3.63, 3.8) is 0 Å². The van der Waals surface area contributed by atoms with E-state index in [0.717, 1.165) is 42.8 Å². The average Bonchev–Trinajstić information content (AvgIpc) is 3.31. The Morgan fingerprint density at radius 1 is 1.17 bits per heavy atom. The molecule has 0 unspecified atom stereocenters. The third-order valence-corrected chi connectivity index (χ3v) is 5.81. The first-order valence-corrected chi connectivity index (χ1v) is 10.9. The molecule has 0 bridgehead atoms. The van der Waals surface area contributed by atoms with Crippen LogP contribution in [-0.4, -0.2) is 49.1 Å². The van der Waals surface area contributed by atoms with Crippen molar-refractivity contribution in [2.75, 3.05) is 25.4 Å². The zero-order chi connectivity index (χ0) is 21.1. The average molecular weight is 429 g/mol. The Morgan fingerprint density at radius 2 is 1.90 bits per heavy atom. The van der Waals surface area contributed by atoms with Crippen molar-refractivity contribution < 1.29 is 9.94 Å². The van der Waals surface area contributed by atoms with E-state index in [-0.39, 0.29) is 16.6 Å². The van der Waals surface area contributed by atoms with Crippen molar-refractivity contribution in [1.29, 1.82) is 0 Å². The molecule has 1 aliphatic heterocycles. The molecule has 1 aliphatic rings. The summed E-state index contributed by atoms with van der Waals surface area (Å²) in [5.74, 6) is 0.140. The molecular formula is C21H28N6O2S. The van der Waals surface area contributed by atoms with E-state index in [2.05, 4.69) is 46.1 Å². The number of anilines is 1. The summed E-state index contributed by atoms with van der Waals surface area (Å²) < 4.78 is 8.51. The van der Waals surface area contributed by atoms with Gasteiger partial charge in [-0.15, -0.1) is 0 Å². The number of aromatic nitrogens is 4. The number of rotatable bonds is 8. The maximum absolute atomic E-state index is 10.5. The number of benzene rings is 1. The van der Waals surface area contributed by atoms with Gasteiger partial charge in [-0.2, -0.15) is 14.7 Å². The van der Waals surface area contributed by atoms with Gasteiger partial charge in [0.2, 0.25) is 4.77 Å². The Balaban J connectivity index is 1.65. The van der Waals surface area contributed by atoms with Crippen molar-refractivity contribution in [3.8, 4) is 6.01 Å². The minimum absolute atomic E-state index is 0.140. The van der Waals surface area contributed by atoms with Gasteiger partial charge in [-0.1, -0.05) is 37.6 Å². The fraction of sp³-hybridized carbons (Fsp3) is 0.476. The maximum atomic E-state index is 10.5. The van der Waals surface area contributed by atoms with Crippen LogP contribution in [0.25, 0.3) is 11.2 Å². The highest BCUT2D eigenvalue weighted by atomic mass is 32.1. The predicted molar refractivity (Wildman–Crippen MR) is 118 cm³/mol. The molecule has 0 spiro atoms. The summed E-state index contributed by atoms with van der Waals surface area (Å²) in [6.07, 6.45) is 4.45. The number of likely N-dealkylation sites (tertiary alicyclic amines) is 1. The molecule has 0 aliphatic carbocycles. The second-order valence-electron chi connectivity index (χ2n) is 7.75. The maximum Gasteiger partial charge on any atom is 0.320 e. The van der Waals surface area contributed by atoms with E-state index in [4.69, 9.17) is 22.7 Å². The van der Waals surface area contributed by atoms with Gasteiger partial charge >= 0.3 is 6.01 Å². The van der Waals surface area contributed by atoms with Gasteiger partial charge in [0.05, 0.1) is 13.2 Å². The summed E-state index contributed by atoms with van der Waals surface area (Å²) in [5.41, 5.74) is 9.20. The van der Waals surface area contributed by atoms with Crippen molar-refractivity contribution in [2.24, 2.45) is 0 Å². The lowest BCUT2D eigenvalue weighted by atomic mass is 10.1. The smallest absolute Gasteiger partial charge is 0.320 e. The first kappa shape index (κ1) is 20.6. The molecule has 1 saturated heterocycles. The lowest BCUT2D eigenvalue weighted by Crippen LogP contribution is -2.18. The first-order chi connectivity index (χ1) is 14.6. The molecule has 2 aromatic heterocycles. The van der Waals surface area contributed by atoms with Crippen molar-refractivity contribution in [1.82, 2.24) is 24.2 Å². The number of nitrogens with zero attached hydrogens (tertiary/aromatic N) is 5. The standard InChI is InChI=1S/C21H28N6O2S/c1-2-3-11-29-20-23-18(22)17-19(24-20)26(21(30)27(17)28)14-16-8-6-7-15(12-16)13-25-9-4-5-10-25/h6-8,12,28H,2-5,9-11,13-14H2,1H3,(H2,22,23,24). The Kier molecular flexibility index (Phi) is 6.19. The quantitative estimate of drug-likeness (QED) is 0.322. The molecule has 160 valence electrons. The molecule has 8 nitrogen and oxygen atoms in total. The van der Waals surface area contributed by atoms with Crippen LogP contribution in [0.5, 0.6) is 6.01 Å². The third kappa shape index (κ3) is 4.27. The van der Waals surface area contributed by atoms with Crippen molar-refractivity contribution in [3.05, 3.63) is 40.2 Å². The van der Waals surface area contributed by atoms with Crippen LogP contribution in [0.3, 0.4) is 0 Å². The largest absolute Gasteiger partial charge is 0.463 e. The molecule has 1 fully saturated rings. The molecule has 0 atom stereocenters. The van der Waals surface area contributed by atoms with Gasteiger partial charge < -0.3 is 15.7 Å². The Labute approximate surface area is 180 Å². The van der Waals surface area contributed by atoms with E-state index in [9.17, 15) is 5.21 Å². The summed E-state index contributed by atoms with van der Waals surface area (Å²) in [6, 6.07) is 8.65. The van der Waals surface area contributed by atoms with Gasteiger partial charge in [-0.25, -0.2) is 0 Å². The Hall–Kier alpha value is -2.65. The van der Waals surface area contributed by atoms with Crippen LogP contribution < -0.4 is 10.5 Å². The van der Waals surface area contributed by atoms with Crippen LogP contribution in [0.15, 0.2) is 24.3 Å². The van der Waals surface area contributed by atoms with Crippen LogP contribution in [-0.2, 0) is 13.1 Å². The minimum Gasteiger partial charge on any atom is -0.463 e. The van der Waals surface area contributed by atoms with E-state index in [1.165, 1.54) is 18.4 Å². The molecule has 0 amide bonds. The van der Waals surface area contributed by atoms with E-state index in [1.54, 1.807) is 4.57 Å². The number of fused-ring (bicyclic) bond motifs is 1. The zero-order valence-corrected chi connectivity index (χ0v) is 18.1. The monoisotopic (exact) mass is 428 g/mol. The Morgan fingerprint density at radius 3 is 2.63 bits per heavy atom. The van der Waals surface area contributed by atoms with Crippen LogP contribution in [0.4, 0.5) is 5.82 Å². The summed E-state index contributed by atoms with van der Waals surface area (Å²) in [5, 5.41) is 10.5. The van der Waals surface area contributed by atoms with Crippen LogP contribution >= 0.6 is 12.2 Å². The number of imidazole rings is 1. The summed E-state index contributed by atoms with van der Waals surface area (Å²) in [4.78, 5) is 11.1. The molecule has 30 heavy (non-hydrogen) atoms. The fourth-order valence-electron chi connectivity index (χ4n) is 3.85. The van der Waals surface area contributed by atoms with Gasteiger partial charge in [0, 0.05) is 6.54 Å². The number of unbranched alkanes of at least 4 members (excludes halogenated alkanes) is 1. The van der Waals surface area contributed by atoms with Crippen molar-refractivity contribution >= 4 is 29.2 Å². The zero-order valence-electron chi connectivity index (χ0n) is 17.3. The van der Waals surface area contributed by atoms with E-state index in [0.29, 0.717) is 24.3 Å². The first-order valence-electron chi connectivity index (χ1n) is 10.5. The molecule has 0 radical (unpaired) electrons. The van der Waals surface area contributed by atoms with Gasteiger partial charge in [-0.3, -0.25) is 9.47 Å². The topological polar surface area (TPSA) is 94.4 Å². The number of hydrogen-bond acceptors (Lipinski definition) is 7. The molecule has 9 heteroatoms. The van der Waals surface area contributed by atoms with Crippen LogP contribution in [0.2, 0.25) is 0 Å². The third-order valence-electron chi connectivity index (χ3n) is 5.42. The number of hydrogen-bond donors (Lipinski definition) is 2. The number of nitrogen functional groups attached to an aromatic ring is 1.